The van der Waals surface area contributed by atoms with Crippen LogP contribution in [0.4, 0.5) is 5.69 Å². The molecule has 7 nitrogen and oxygen atoms in total. The Hall–Kier alpha value is -3.60. The van der Waals surface area contributed by atoms with Crippen LogP contribution in [0.25, 0.3) is 16.7 Å². The Kier molecular flexibility index (Phi) is 5.86. The molecule has 0 aliphatic carbocycles. The largest absolute Gasteiger partial charge is 0.390 e. The third kappa shape index (κ3) is 3.96. The number of imidazole rings is 1. The van der Waals surface area contributed by atoms with Crippen molar-refractivity contribution in [2.45, 2.75) is 26.5 Å². The summed E-state index contributed by atoms with van der Waals surface area (Å²) < 4.78 is 3.52. The standard InChI is InChI=1S/C27H29N5O2/c1-19-7-9-21(10-8-19)30-13-11-29(12-14-30)17-22(33)18-31-24-5-3-4-6-25(24)32-26(34)15-20(2)23(16-28)27(31)32/h3-10,15,22,33H,11-14,17-18H2,1-2H3. The summed E-state index contributed by atoms with van der Waals surface area (Å²) in [7, 11) is 0. The lowest BCUT2D eigenvalue weighted by Gasteiger charge is -2.37. The maximum Gasteiger partial charge on any atom is 0.257 e. The Labute approximate surface area is 198 Å². The highest BCUT2D eigenvalue weighted by molar-refractivity contribution is 5.84. The number of hydrogen-bond donors (Lipinski definition) is 1. The zero-order chi connectivity index (χ0) is 23.8. The summed E-state index contributed by atoms with van der Waals surface area (Å²) >= 11 is 0. The van der Waals surface area contributed by atoms with E-state index in [1.165, 1.54) is 17.3 Å². The first-order valence-electron chi connectivity index (χ1n) is 11.7. The Morgan fingerprint density at radius 1 is 0.971 bits per heavy atom. The molecule has 0 bridgehead atoms. The van der Waals surface area contributed by atoms with Crippen LogP contribution in [0.3, 0.4) is 0 Å². The van der Waals surface area contributed by atoms with Crippen LogP contribution in [0, 0.1) is 25.2 Å². The van der Waals surface area contributed by atoms with E-state index in [-0.39, 0.29) is 5.56 Å². The monoisotopic (exact) mass is 455 g/mol. The van der Waals surface area contributed by atoms with E-state index in [9.17, 15) is 15.2 Å². The van der Waals surface area contributed by atoms with Gasteiger partial charge in [-0.05, 0) is 43.7 Å². The van der Waals surface area contributed by atoms with Crippen molar-refractivity contribution in [2.24, 2.45) is 0 Å². The molecular weight excluding hydrogens is 426 g/mol. The minimum Gasteiger partial charge on any atom is -0.390 e. The topological polar surface area (TPSA) is 76.9 Å². The first-order chi connectivity index (χ1) is 16.5. The molecule has 3 heterocycles. The number of benzene rings is 2. The second kappa shape index (κ2) is 8.98. The molecule has 1 N–H and O–H groups in total. The zero-order valence-electron chi connectivity index (χ0n) is 19.6. The number of nitrogens with zero attached hydrogens (tertiary/aromatic N) is 5. The second-order valence-corrected chi connectivity index (χ2v) is 9.19. The van der Waals surface area contributed by atoms with Gasteiger partial charge in [0.15, 0.2) is 0 Å². The Morgan fingerprint density at radius 3 is 2.32 bits per heavy atom. The van der Waals surface area contributed by atoms with Crippen molar-refractivity contribution in [1.29, 1.82) is 5.26 Å². The van der Waals surface area contributed by atoms with Crippen LogP contribution >= 0.6 is 0 Å². The highest BCUT2D eigenvalue weighted by atomic mass is 16.3. The number of fused-ring (bicyclic) bond motifs is 3. The molecule has 0 amide bonds. The van der Waals surface area contributed by atoms with Gasteiger partial charge in [-0.2, -0.15) is 5.26 Å². The van der Waals surface area contributed by atoms with Gasteiger partial charge in [-0.1, -0.05) is 29.8 Å². The van der Waals surface area contributed by atoms with E-state index in [4.69, 9.17) is 0 Å². The molecule has 5 rings (SSSR count). The molecule has 0 spiro atoms. The number of aliphatic hydroxyl groups is 1. The van der Waals surface area contributed by atoms with Gasteiger partial charge >= 0.3 is 0 Å². The van der Waals surface area contributed by atoms with E-state index in [2.05, 4.69) is 47.1 Å². The van der Waals surface area contributed by atoms with Gasteiger partial charge in [0.1, 0.15) is 11.7 Å². The lowest BCUT2D eigenvalue weighted by Crippen LogP contribution is -2.49. The van der Waals surface area contributed by atoms with Gasteiger partial charge in [-0.15, -0.1) is 0 Å². The van der Waals surface area contributed by atoms with Crippen LogP contribution in [0.1, 0.15) is 16.7 Å². The average molecular weight is 456 g/mol. The molecule has 1 unspecified atom stereocenters. The van der Waals surface area contributed by atoms with Crippen molar-refractivity contribution in [3.63, 3.8) is 0 Å². The molecule has 1 aliphatic rings. The number of nitriles is 1. The summed E-state index contributed by atoms with van der Waals surface area (Å²) in [6, 6.07) is 20.0. The quantitative estimate of drug-likeness (QED) is 0.501. The Balaban J connectivity index is 1.37. The number of hydrogen-bond acceptors (Lipinski definition) is 5. The fourth-order valence-electron chi connectivity index (χ4n) is 5.03. The number of β-amino-alcohol motifs (C(OH)–C–C–N with tert-alkyl or cyclic N) is 1. The number of para-hydroxylation sites is 2. The van der Waals surface area contributed by atoms with Crippen LogP contribution < -0.4 is 10.5 Å². The summed E-state index contributed by atoms with van der Waals surface area (Å²) in [5, 5.41) is 20.9. The van der Waals surface area contributed by atoms with Crippen molar-refractivity contribution in [2.75, 3.05) is 37.6 Å². The highest BCUT2D eigenvalue weighted by Gasteiger charge is 2.23. The zero-order valence-corrected chi connectivity index (χ0v) is 19.6. The number of aliphatic hydroxyl groups excluding tert-OH is 1. The number of piperazine rings is 1. The van der Waals surface area contributed by atoms with Gasteiger partial charge in [0.25, 0.3) is 5.56 Å². The van der Waals surface area contributed by atoms with Gasteiger partial charge in [-0.3, -0.25) is 14.1 Å². The molecule has 7 heteroatoms. The van der Waals surface area contributed by atoms with E-state index < -0.39 is 6.10 Å². The summed E-state index contributed by atoms with van der Waals surface area (Å²) in [5.74, 6) is 0. The molecule has 2 aromatic heterocycles. The van der Waals surface area contributed by atoms with Gasteiger partial charge in [0.2, 0.25) is 0 Å². The van der Waals surface area contributed by atoms with Gasteiger partial charge in [0, 0.05) is 44.5 Å². The van der Waals surface area contributed by atoms with Crippen molar-refractivity contribution in [3.05, 3.63) is 81.6 Å². The molecule has 4 aromatic rings. The predicted molar refractivity (Wildman–Crippen MR) is 134 cm³/mol. The summed E-state index contributed by atoms with van der Waals surface area (Å²) in [4.78, 5) is 17.5. The third-order valence-electron chi connectivity index (χ3n) is 6.80. The molecule has 1 atom stereocenters. The lowest BCUT2D eigenvalue weighted by atomic mass is 10.1. The number of pyridine rings is 1. The minimum absolute atomic E-state index is 0.164. The van der Waals surface area contributed by atoms with E-state index in [1.807, 2.05) is 28.8 Å². The lowest BCUT2D eigenvalue weighted by molar-refractivity contribution is 0.0967. The van der Waals surface area contributed by atoms with Crippen LogP contribution in [0.15, 0.2) is 59.4 Å². The maximum atomic E-state index is 12.8. The van der Waals surface area contributed by atoms with Crippen LogP contribution in [-0.4, -0.2) is 57.8 Å². The molecule has 34 heavy (non-hydrogen) atoms. The molecule has 1 aliphatic heterocycles. The van der Waals surface area contributed by atoms with Crippen LogP contribution in [0.5, 0.6) is 0 Å². The average Bonchev–Trinajstić information content (AvgIpc) is 3.15. The maximum absolute atomic E-state index is 12.8. The molecule has 0 saturated carbocycles. The van der Waals surface area contributed by atoms with Gasteiger partial charge in [0.05, 0.1) is 29.2 Å². The van der Waals surface area contributed by atoms with Gasteiger partial charge < -0.3 is 14.6 Å². The van der Waals surface area contributed by atoms with E-state index in [0.717, 1.165) is 37.2 Å². The van der Waals surface area contributed by atoms with Crippen LogP contribution in [0.2, 0.25) is 0 Å². The summed E-state index contributed by atoms with van der Waals surface area (Å²) in [6.45, 7) is 8.31. The first kappa shape index (κ1) is 22.2. The van der Waals surface area contributed by atoms with Crippen molar-refractivity contribution in [1.82, 2.24) is 13.9 Å². The number of aryl methyl sites for hydroxylation is 2. The molecular formula is C27H29N5O2. The van der Waals surface area contributed by atoms with E-state index in [1.54, 1.807) is 11.3 Å². The third-order valence-corrected chi connectivity index (χ3v) is 6.80. The number of anilines is 1. The Morgan fingerprint density at radius 2 is 1.65 bits per heavy atom. The fourth-order valence-corrected chi connectivity index (χ4v) is 5.03. The normalized spacial score (nSPS) is 15.6. The number of aromatic nitrogens is 2. The molecule has 1 saturated heterocycles. The second-order valence-electron chi connectivity index (χ2n) is 9.19. The number of rotatable bonds is 5. The SMILES string of the molecule is Cc1ccc(N2CCN(CC(O)Cn3c4ccccc4n4c(=O)cc(C)c(C#N)c34)CC2)cc1. The van der Waals surface area contributed by atoms with Crippen LogP contribution in [-0.2, 0) is 6.54 Å². The van der Waals surface area contributed by atoms with Crippen molar-refractivity contribution < 1.29 is 5.11 Å². The molecule has 0 radical (unpaired) electrons. The molecule has 174 valence electrons. The Bertz CT molecular complexity index is 1440. The smallest absolute Gasteiger partial charge is 0.257 e. The minimum atomic E-state index is -0.632. The molecule has 1 fully saturated rings. The first-order valence-corrected chi connectivity index (χ1v) is 11.7. The van der Waals surface area contributed by atoms with E-state index in [0.29, 0.717) is 29.9 Å². The van der Waals surface area contributed by atoms with Crippen molar-refractivity contribution in [3.8, 4) is 6.07 Å². The van der Waals surface area contributed by atoms with Crippen molar-refractivity contribution >= 4 is 22.4 Å². The predicted octanol–water partition coefficient (Wildman–Crippen LogP) is 2.93. The fraction of sp³-hybridized carbons (Fsp3) is 0.333. The molecule has 2 aromatic carbocycles. The summed E-state index contributed by atoms with van der Waals surface area (Å²) in [6.07, 6.45) is -0.632. The van der Waals surface area contributed by atoms with Gasteiger partial charge in [-0.25, -0.2) is 0 Å². The summed E-state index contributed by atoms with van der Waals surface area (Å²) in [5.41, 5.74) is 5.59. The highest BCUT2D eigenvalue weighted by Crippen LogP contribution is 2.24. The van der Waals surface area contributed by atoms with E-state index >= 15 is 0 Å².